The largest absolute Gasteiger partial charge is 0.456 e. The van der Waals surface area contributed by atoms with Crippen molar-refractivity contribution in [2.75, 3.05) is 0 Å². The van der Waals surface area contributed by atoms with Crippen LogP contribution in [0.15, 0.2) is 150 Å². The molecule has 0 amide bonds. The van der Waals surface area contributed by atoms with Crippen LogP contribution in [0.1, 0.15) is 25.0 Å². The first-order chi connectivity index (χ1) is 22.5. The molecule has 1 heterocycles. The van der Waals surface area contributed by atoms with E-state index >= 15 is 0 Å². The lowest BCUT2D eigenvalue weighted by molar-refractivity contribution is 0.661. The molecule has 1 nitrogen and oxygen atoms in total. The van der Waals surface area contributed by atoms with E-state index in [1.165, 1.54) is 82.2 Å². The molecule has 0 saturated carbocycles. The number of hydrogen-bond acceptors (Lipinski definition) is 1. The van der Waals surface area contributed by atoms with Crippen molar-refractivity contribution in [3.63, 3.8) is 0 Å². The quantitative estimate of drug-likeness (QED) is 0.196. The number of rotatable bonds is 2. The minimum atomic E-state index is -0.0936. The van der Waals surface area contributed by atoms with Gasteiger partial charge in [0.2, 0.25) is 0 Å². The predicted molar refractivity (Wildman–Crippen MR) is 195 cm³/mol. The van der Waals surface area contributed by atoms with E-state index in [4.69, 9.17) is 4.42 Å². The Morgan fingerprint density at radius 3 is 1.93 bits per heavy atom. The van der Waals surface area contributed by atoms with Gasteiger partial charge in [-0.3, -0.25) is 0 Å². The van der Waals surface area contributed by atoms with Crippen LogP contribution >= 0.6 is 0 Å². The summed E-state index contributed by atoms with van der Waals surface area (Å²) in [6.45, 7) is 4.73. The van der Waals surface area contributed by atoms with Gasteiger partial charge in [-0.05, 0) is 107 Å². The van der Waals surface area contributed by atoms with Crippen molar-refractivity contribution in [2.45, 2.75) is 19.3 Å². The fourth-order valence-electron chi connectivity index (χ4n) is 8.14. The Hall–Kier alpha value is -5.66. The molecule has 1 aliphatic carbocycles. The van der Waals surface area contributed by atoms with Gasteiger partial charge in [-0.15, -0.1) is 0 Å². The lowest BCUT2D eigenvalue weighted by atomic mass is 9.81. The minimum absolute atomic E-state index is 0.0936. The van der Waals surface area contributed by atoms with Crippen LogP contribution in [0.4, 0.5) is 0 Å². The molecule has 0 unspecified atom stereocenters. The van der Waals surface area contributed by atoms with Gasteiger partial charge in [-0.2, -0.15) is 0 Å². The molecule has 1 heteroatoms. The Labute approximate surface area is 267 Å². The van der Waals surface area contributed by atoms with Crippen molar-refractivity contribution in [3.05, 3.63) is 157 Å². The molecule has 0 fully saturated rings. The highest BCUT2D eigenvalue weighted by molar-refractivity contribution is 6.16. The summed E-state index contributed by atoms with van der Waals surface area (Å²) in [5.74, 6) is 0. The van der Waals surface area contributed by atoms with E-state index in [1.807, 2.05) is 0 Å². The van der Waals surface area contributed by atoms with Gasteiger partial charge in [0.05, 0.1) is 0 Å². The standard InChI is InChI=1S/C45H30O/c1-45(2)39-21-19-32(34-14-8-16-41-44(34)38-24-29-11-5-6-12-30(29)26-42(38)46-41)25-37(39)43-36-15-7-13-33(35(36)20-22-40(43)45)31-18-17-27-9-3-4-10-28(27)23-31/h3-26H,1-2H3. The molecule has 9 aromatic rings. The van der Waals surface area contributed by atoms with E-state index < -0.39 is 0 Å². The molecule has 0 N–H and O–H groups in total. The fourth-order valence-corrected chi connectivity index (χ4v) is 8.14. The smallest absolute Gasteiger partial charge is 0.136 e. The fraction of sp³-hybridized carbons (Fsp3) is 0.0667. The molecule has 0 spiro atoms. The molecule has 0 bridgehead atoms. The zero-order valence-corrected chi connectivity index (χ0v) is 25.8. The molecular formula is C45H30O. The first-order valence-electron chi connectivity index (χ1n) is 16.1. The summed E-state index contributed by atoms with van der Waals surface area (Å²) in [7, 11) is 0. The van der Waals surface area contributed by atoms with Crippen molar-refractivity contribution >= 4 is 54.3 Å². The Morgan fingerprint density at radius 2 is 1.09 bits per heavy atom. The number of fused-ring (bicyclic) bond motifs is 10. The lowest BCUT2D eigenvalue weighted by Crippen LogP contribution is -2.14. The Kier molecular flexibility index (Phi) is 5.12. The first kappa shape index (κ1) is 25.6. The van der Waals surface area contributed by atoms with E-state index in [9.17, 15) is 0 Å². The second-order valence-electron chi connectivity index (χ2n) is 13.3. The van der Waals surface area contributed by atoms with E-state index in [2.05, 4.69) is 159 Å². The molecule has 1 aliphatic rings. The van der Waals surface area contributed by atoms with Gasteiger partial charge in [0.25, 0.3) is 0 Å². The van der Waals surface area contributed by atoms with E-state index in [1.54, 1.807) is 0 Å². The van der Waals surface area contributed by atoms with Crippen LogP contribution in [0.2, 0.25) is 0 Å². The third-order valence-electron chi connectivity index (χ3n) is 10.4. The van der Waals surface area contributed by atoms with Gasteiger partial charge >= 0.3 is 0 Å². The molecule has 0 aliphatic heterocycles. The predicted octanol–water partition coefficient (Wildman–Crippen LogP) is 12.7. The average Bonchev–Trinajstić information content (AvgIpc) is 3.57. The van der Waals surface area contributed by atoms with Gasteiger partial charge in [-0.1, -0.05) is 129 Å². The van der Waals surface area contributed by atoms with E-state index in [-0.39, 0.29) is 5.41 Å². The van der Waals surface area contributed by atoms with Crippen molar-refractivity contribution in [2.24, 2.45) is 0 Å². The second kappa shape index (κ2) is 9.19. The molecule has 8 aromatic carbocycles. The highest BCUT2D eigenvalue weighted by Gasteiger charge is 2.37. The van der Waals surface area contributed by atoms with Crippen LogP contribution in [0.3, 0.4) is 0 Å². The minimum Gasteiger partial charge on any atom is -0.456 e. The highest BCUT2D eigenvalue weighted by atomic mass is 16.3. The van der Waals surface area contributed by atoms with Crippen LogP contribution in [0, 0.1) is 0 Å². The van der Waals surface area contributed by atoms with Crippen LogP contribution in [-0.2, 0) is 5.41 Å². The highest BCUT2D eigenvalue weighted by Crippen LogP contribution is 2.53. The van der Waals surface area contributed by atoms with Crippen LogP contribution in [-0.4, -0.2) is 0 Å². The Morgan fingerprint density at radius 1 is 0.413 bits per heavy atom. The molecule has 216 valence electrons. The summed E-state index contributed by atoms with van der Waals surface area (Å²) in [6.07, 6.45) is 0. The summed E-state index contributed by atoms with van der Waals surface area (Å²) >= 11 is 0. The lowest BCUT2D eigenvalue weighted by Gasteiger charge is -2.22. The molecular weight excluding hydrogens is 556 g/mol. The Balaban J connectivity index is 1.20. The van der Waals surface area contributed by atoms with Gasteiger partial charge in [0, 0.05) is 16.2 Å². The van der Waals surface area contributed by atoms with Gasteiger partial charge < -0.3 is 4.42 Å². The molecule has 0 radical (unpaired) electrons. The van der Waals surface area contributed by atoms with E-state index in [0.717, 1.165) is 16.6 Å². The SMILES string of the molecule is CC1(C)c2ccc(-c3cccc4oc5cc6ccccc6cc5c34)cc2-c2c1ccc1c(-c3ccc4ccccc4c3)cccc21. The van der Waals surface area contributed by atoms with Gasteiger partial charge in [0.15, 0.2) is 0 Å². The molecule has 0 saturated heterocycles. The van der Waals surface area contributed by atoms with Gasteiger partial charge in [-0.25, -0.2) is 0 Å². The third-order valence-corrected chi connectivity index (χ3v) is 10.4. The number of benzene rings is 8. The molecule has 0 atom stereocenters. The summed E-state index contributed by atoms with van der Waals surface area (Å²) in [5.41, 5.74) is 12.2. The van der Waals surface area contributed by atoms with Crippen molar-refractivity contribution < 1.29 is 4.42 Å². The number of hydrogen-bond donors (Lipinski definition) is 0. The summed E-state index contributed by atoms with van der Waals surface area (Å²) in [6, 6.07) is 53.5. The summed E-state index contributed by atoms with van der Waals surface area (Å²) in [5, 5.41) is 9.90. The second-order valence-corrected chi connectivity index (χ2v) is 13.3. The summed E-state index contributed by atoms with van der Waals surface area (Å²) < 4.78 is 6.44. The van der Waals surface area contributed by atoms with Crippen molar-refractivity contribution in [1.29, 1.82) is 0 Å². The molecule has 46 heavy (non-hydrogen) atoms. The average molecular weight is 587 g/mol. The maximum absolute atomic E-state index is 6.44. The topological polar surface area (TPSA) is 13.1 Å². The van der Waals surface area contributed by atoms with E-state index in [0.29, 0.717) is 0 Å². The van der Waals surface area contributed by atoms with Crippen LogP contribution < -0.4 is 0 Å². The molecule has 1 aromatic heterocycles. The van der Waals surface area contributed by atoms with Crippen molar-refractivity contribution in [1.82, 2.24) is 0 Å². The monoisotopic (exact) mass is 586 g/mol. The normalized spacial score (nSPS) is 13.6. The van der Waals surface area contributed by atoms with Crippen LogP contribution in [0.25, 0.3) is 87.6 Å². The number of furan rings is 1. The summed E-state index contributed by atoms with van der Waals surface area (Å²) in [4.78, 5) is 0. The van der Waals surface area contributed by atoms with Gasteiger partial charge in [0.1, 0.15) is 11.2 Å². The van der Waals surface area contributed by atoms with Crippen molar-refractivity contribution in [3.8, 4) is 33.4 Å². The Bertz CT molecular complexity index is 2720. The maximum Gasteiger partial charge on any atom is 0.136 e. The first-order valence-corrected chi connectivity index (χ1v) is 16.1. The zero-order valence-electron chi connectivity index (χ0n) is 25.8. The molecule has 10 rings (SSSR count). The zero-order chi connectivity index (χ0) is 30.6. The maximum atomic E-state index is 6.44. The third kappa shape index (κ3) is 3.51. The van der Waals surface area contributed by atoms with Crippen LogP contribution in [0.5, 0.6) is 0 Å².